The molecule has 0 unspecified atom stereocenters. The lowest BCUT2D eigenvalue weighted by atomic mass is 9.68. The third-order valence-electron chi connectivity index (χ3n) is 20.7. The van der Waals surface area contributed by atoms with Gasteiger partial charge in [0.25, 0.3) is 11.4 Å². The fourth-order valence-corrected chi connectivity index (χ4v) is 17.7. The molecule has 2 saturated carbocycles. The fourth-order valence-electron chi connectivity index (χ4n) is 16.7. The van der Waals surface area contributed by atoms with E-state index in [0.717, 1.165) is 86.7 Å². The topological polar surface area (TPSA) is 98.8 Å². The van der Waals surface area contributed by atoms with Crippen molar-refractivity contribution in [2.45, 2.75) is 127 Å². The maximum atomic E-state index is 12.3. The lowest BCUT2D eigenvalue weighted by molar-refractivity contribution is -0.455. The molecular formula is C74H70Br2N6O4+2. The van der Waals surface area contributed by atoms with E-state index < -0.39 is 0 Å². The van der Waals surface area contributed by atoms with Gasteiger partial charge in [-0.1, -0.05) is 136 Å². The SMILES string of the molecule is CN1/C(=C/C=C/C2=[N+](Cc3cccc4c(C[N+]5=C(/C=C/C=C6/N(C)c7cc(Br)c([N+](=O)[O-])cc7C67CCCCC7)C(C)(C)c6c5ccc5ccccc65)cccc34)c3ccc4ccccc4c3C2(C)C)C2(CCCCC2)c2cc([N+](=O)[O-])c(Br)cc21. The van der Waals surface area contributed by atoms with Crippen LogP contribution in [0.2, 0.25) is 0 Å². The second-order valence-corrected chi connectivity index (χ2v) is 27.6. The number of benzene rings is 8. The van der Waals surface area contributed by atoms with Gasteiger partial charge in [0.15, 0.2) is 24.5 Å². The van der Waals surface area contributed by atoms with E-state index in [-0.39, 0.29) is 42.9 Å². The number of allylic oxidation sites excluding steroid dienone is 8. The Morgan fingerprint density at radius 2 is 0.884 bits per heavy atom. The molecule has 86 heavy (non-hydrogen) atoms. The molecule has 0 atom stereocenters. The summed E-state index contributed by atoms with van der Waals surface area (Å²) in [6, 6.07) is 48.0. The minimum atomic E-state index is -0.360. The second-order valence-electron chi connectivity index (χ2n) is 25.9. The van der Waals surface area contributed by atoms with Crippen molar-refractivity contribution in [3.63, 3.8) is 0 Å². The Bertz CT molecular complexity index is 4170. The highest BCUT2D eigenvalue weighted by Crippen LogP contribution is 2.59. The van der Waals surface area contributed by atoms with Crippen LogP contribution in [-0.4, -0.2) is 44.5 Å². The van der Waals surface area contributed by atoms with Crippen molar-refractivity contribution in [2.24, 2.45) is 0 Å². The Morgan fingerprint density at radius 1 is 0.500 bits per heavy atom. The monoisotopic (exact) mass is 1260 g/mol. The summed E-state index contributed by atoms with van der Waals surface area (Å²) in [6.07, 6.45) is 24.2. The zero-order valence-electron chi connectivity index (χ0n) is 49.7. The summed E-state index contributed by atoms with van der Waals surface area (Å²) in [7, 11) is 4.24. The molecule has 10 nitrogen and oxygen atoms in total. The van der Waals surface area contributed by atoms with Crippen molar-refractivity contribution in [2.75, 3.05) is 23.9 Å². The lowest BCUT2D eigenvalue weighted by Crippen LogP contribution is -2.32. The van der Waals surface area contributed by atoms with Gasteiger partial charge in [0, 0.05) is 106 Å². The molecule has 4 heterocycles. The molecule has 0 aromatic heterocycles. The van der Waals surface area contributed by atoms with Gasteiger partial charge in [0.05, 0.1) is 29.6 Å². The summed E-state index contributed by atoms with van der Waals surface area (Å²) in [5, 5.41) is 32.0. The van der Waals surface area contributed by atoms with Gasteiger partial charge in [-0.25, -0.2) is 0 Å². The zero-order valence-corrected chi connectivity index (χ0v) is 52.9. The Hall–Kier alpha value is -7.80. The van der Waals surface area contributed by atoms with E-state index in [1.54, 1.807) is 0 Å². The van der Waals surface area contributed by atoms with Crippen molar-refractivity contribution in [3.8, 4) is 0 Å². The van der Waals surface area contributed by atoms with E-state index in [4.69, 9.17) is 0 Å². The van der Waals surface area contributed by atoms with Gasteiger partial charge in [-0.2, -0.15) is 9.15 Å². The lowest BCUT2D eigenvalue weighted by Gasteiger charge is -2.36. The molecule has 4 aliphatic heterocycles. The smallest absolute Gasteiger partial charge is 0.283 e. The summed E-state index contributed by atoms with van der Waals surface area (Å²) in [5.41, 5.74) is 15.4. The van der Waals surface area contributed by atoms with Crippen LogP contribution in [0.25, 0.3) is 32.3 Å². The summed E-state index contributed by atoms with van der Waals surface area (Å²) in [6.45, 7) is 10.8. The number of anilines is 2. The maximum Gasteiger partial charge on any atom is 0.283 e. The molecule has 6 aliphatic rings. The first-order chi connectivity index (χ1) is 41.4. The maximum absolute atomic E-state index is 12.3. The van der Waals surface area contributed by atoms with Gasteiger partial charge < -0.3 is 9.80 Å². The van der Waals surface area contributed by atoms with E-state index >= 15 is 0 Å². The van der Waals surface area contributed by atoms with E-state index in [0.29, 0.717) is 22.0 Å². The van der Waals surface area contributed by atoms with E-state index in [9.17, 15) is 20.2 Å². The van der Waals surface area contributed by atoms with Crippen LogP contribution in [0.15, 0.2) is 190 Å². The molecule has 2 fully saturated rings. The summed E-state index contributed by atoms with van der Waals surface area (Å²) < 4.78 is 6.11. The van der Waals surface area contributed by atoms with Crippen LogP contribution in [0.3, 0.4) is 0 Å². The Labute approximate surface area is 519 Å². The van der Waals surface area contributed by atoms with Crippen LogP contribution in [0.4, 0.5) is 34.1 Å². The van der Waals surface area contributed by atoms with Crippen LogP contribution in [-0.2, 0) is 34.7 Å². The number of fused-ring (bicyclic) bond motifs is 11. The number of hydrogen-bond donors (Lipinski definition) is 0. The summed E-state index contributed by atoms with van der Waals surface area (Å²) in [4.78, 5) is 28.6. The molecule has 0 N–H and O–H groups in total. The summed E-state index contributed by atoms with van der Waals surface area (Å²) >= 11 is 7.10. The molecule has 14 rings (SSSR count). The van der Waals surface area contributed by atoms with Crippen molar-refractivity contribution in [3.05, 3.63) is 244 Å². The highest BCUT2D eigenvalue weighted by atomic mass is 79.9. The van der Waals surface area contributed by atoms with E-state index in [1.807, 2.05) is 24.3 Å². The highest BCUT2D eigenvalue weighted by molar-refractivity contribution is 9.11. The standard InChI is InChI=1S/C74H70Br2N6O4/c1-71(2)65(29-19-31-67-73(37-13-7-14-38-73)55-41-63(81(83)84)57(75)43-61(55)77(67)5)79(59-35-33-47-21-9-11-25-53(47)69(59)71)45-49-23-17-28-52-50(24-18-27-51(49)52)46-80-60-36-34-48-22-10-12-26-54(48)70(60)72(3,4)66(80)30-20-32-68-74(39-15-8-16-40-74)56-42-64(82(85)86)58(76)44-62(56)78(68)6/h9-12,17-36,41-44H,7-8,13-16,37-40,45-46H2,1-6H3/q+2. The average molecular weight is 1270 g/mol. The predicted octanol–water partition coefficient (Wildman–Crippen LogP) is 19.2. The van der Waals surface area contributed by atoms with Gasteiger partial charge in [-0.3, -0.25) is 20.2 Å². The molecular weight excluding hydrogens is 1200 g/mol. The Kier molecular flexibility index (Phi) is 13.7. The second kappa shape index (κ2) is 21.0. The molecule has 8 aromatic carbocycles. The average Bonchev–Trinajstić information content (AvgIpc) is 1.85. The Morgan fingerprint density at radius 3 is 1.28 bits per heavy atom. The third kappa shape index (κ3) is 8.57. The number of nitro benzene ring substituents is 2. The van der Waals surface area contributed by atoms with Gasteiger partial charge in [0.2, 0.25) is 11.4 Å². The first-order valence-corrected chi connectivity index (χ1v) is 32.1. The number of nitro groups is 2. The van der Waals surface area contributed by atoms with Crippen LogP contribution < -0.4 is 9.80 Å². The fraction of sp³-hybridized carbons (Fsp3) is 0.297. The van der Waals surface area contributed by atoms with Crippen molar-refractivity contribution >= 4 is 110 Å². The zero-order chi connectivity index (χ0) is 59.6. The predicted molar refractivity (Wildman–Crippen MR) is 358 cm³/mol. The number of rotatable bonds is 10. The van der Waals surface area contributed by atoms with Crippen molar-refractivity contribution < 1.29 is 19.0 Å². The number of likely N-dealkylation sites (N-methyl/N-ethyl adjacent to an activating group) is 2. The van der Waals surface area contributed by atoms with Crippen LogP contribution >= 0.6 is 31.9 Å². The molecule has 0 radical (unpaired) electrons. The third-order valence-corrected chi connectivity index (χ3v) is 21.9. The van der Waals surface area contributed by atoms with E-state index in [1.165, 1.54) is 88.8 Å². The van der Waals surface area contributed by atoms with Gasteiger partial charge >= 0.3 is 0 Å². The first-order valence-electron chi connectivity index (χ1n) is 30.5. The van der Waals surface area contributed by atoms with Gasteiger partial charge in [0.1, 0.15) is 0 Å². The minimum absolute atomic E-state index is 0.118. The van der Waals surface area contributed by atoms with Crippen LogP contribution in [0, 0.1) is 20.2 Å². The number of nitrogens with zero attached hydrogens (tertiary/aromatic N) is 6. The largest absolute Gasteiger partial charge is 0.347 e. The van der Waals surface area contributed by atoms with Crippen molar-refractivity contribution in [1.82, 2.24) is 0 Å². The molecule has 2 spiro atoms. The molecule has 0 saturated heterocycles. The molecule has 2 aliphatic carbocycles. The van der Waals surface area contributed by atoms with Gasteiger partial charge in [-0.15, -0.1) is 0 Å². The highest BCUT2D eigenvalue weighted by Gasteiger charge is 2.51. The number of halogens is 2. The molecule has 0 amide bonds. The Balaban J connectivity index is 0.874. The molecule has 12 heteroatoms. The van der Waals surface area contributed by atoms with Crippen LogP contribution in [0.1, 0.15) is 125 Å². The van der Waals surface area contributed by atoms with E-state index in [2.05, 4.69) is 238 Å². The number of hydrogen-bond acceptors (Lipinski definition) is 6. The van der Waals surface area contributed by atoms with Crippen molar-refractivity contribution in [1.29, 1.82) is 0 Å². The van der Waals surface area contributed by atoms with Crippen LogP contribution in [0.5, 0.6) is 0 Å². The molecule has 432 valence electrons. The first kappa shape index (κ1) is 56.0. The quantitative estimate of drug-likeness (QED) is 0.0768. The molecule has 8 aromatic rings. The van der Waals surface area contributed by atoms with Gasteiger partial charge in [-0.05, 0) is 165 Å². The summed E-state index contributed by atoms with van der Waals surface area (Å²) in [5.74, 6) is 0. The minimum Gasteiger partial charge on any atom is -0.347 e. The molecule has 0 bridgehead atoms. The normalized spacial score (nSPS) is 19.9.